The molecule has 0 radical (unpaired) electrons. The van der Waals surface area contributed by atoms with Crippen LogP contribution >= 0.6 is 11.6 Å². The lowest BCUT2D eigenvalue weighted by Crippen LogP contribution is -2.26. The number of ether oxygens (including phenoxy) is 2. The molecule has 1 N–H and O–H groups in total. The maximum atomic E-state index is 5.73. The van der Waals surface area contributed by atoms with Crippen molar-refractivity contribution in [1.82, 2.24) is 5.32 Å². The zero-order valence-electron chi connectivity index (χ0n) is 11.1. The van der Waals surface area contributed by atoms with E-state index in [4.69, 9.17) is 21.1 Å². The van der Waals surface area contributed by atoms with Crippen molar-refractivity contribution in [2.75, 3.05) is 32.2 Å². The SMILES string of the molecule is CCOc1ccccc1OCCNCC(C)CCl. The summed E-state index contributed by atoms with van der Waals surface area (Å²) in [5.41, 5.74) is 0. The summed E-state index contributed by atoms with van der Waals surface area (Å²) in [7, 11) is 0. The summed E-state index contributed by atoms with van der Waals surface area (Å²) in [5.74, 6) is 2.77. The third-order valence-corrected chi connectivity index (χ3v) is 2.97. The van der Waals surface area contributed by atoms with Crippen molar-refractivity contribution in [2.45, 2.75) is 13.8 Å². The topological polar surface area (TPSA) is 30.5 Å². The Balaban J connectivity index is 2.26. The van der Waals surface area contributed by atoms with E-state index < -0.39 is 0 Å². The molecule has 0 saturated heterocycles. The highest BCUT2D eigenvalue weighted by Crippen LogP contribution is 2.25. The average Bonchev–Trinajstić information content (AvgIpc) is 2.40. The predicted molar refractivity (Wildman–Crippen MR) is 75.9 cm³/mol. The number of benzene rings is 1. The largest absolute Gasteiger partial charge is 0.490 e. The quantitative estimate of drug-likeness (QED) is 0.553. The molecule has 1 unspecified atom stereocenters. The molecule has 0 aliphatic heterocycles. The van der Waals surface area contributed by atoms with Gasteiger partial charge in [0.1, 0.15) is 6.61 Å². The molecule has 0 heterocycles. The zero-order chi connectivity index (χ0) is 13.2. The van der Waals surface area contributed by atoms with Crippen molar-refractivity contribution in [3.63, 3.8) is 0 Å². The van der Waals surface area contributed by atoms with Gasteiger partial charge in [0.05, 0.1) is 6.61 Å². The highest BCUT2D eigenvalue weighted by Gasteiger charge is 2.03. The van der Waals surface area contributed by atoms with Crippen molar-refractivity contribution in [1.29, 1.82) is 0 Å². The third kappa shape index (κ3) is 5.61. The smallest absolute Gasteiger partial charge is 0.161 e. The minimum Gasteiger partial charge on any atom is -0.490 e. The maximum Gasteiger partial charge on any atom is 0.161 e. The van der Waals surface area contributed by atoms with Crippen molar-refractivity contribution in [3.05, 3.63) is 24.3 Å². The van der Waals surface area contributed by atoms with Crippen LogP contribution < -0.4 is 14.8 Å². The van der Waals surface area contributed by atoms with E-state index in [1.165, 1.54) is 0 Å². The molecular weight excluding hydrogens is 250 g/mol. The molecule has 1 aromatic carbocycles. The molecule has 102 valence electrons. The van der Waals surface area contributed by atoms with Crippen LogP contribution in [0, 0.1) is 5.92 Å². The summed E-state index contributed by atoms with van der Waals surface area (Å²) in [6.07, 6.45) is 0. The molecule has 1 atom stereocenters. The lowest BCUT2D eigenvalue weighted by molar-refractivity contribution is 0.274. The fourth-order valence-electron chi connectivity index (χ4n) is 1.48. The molecule has 18 heavy (non-hydrogen) atoms. The molecule has 0 aliphatic carbocycles. The van der Waals surface area contributed by atoms with Crippen LogP contribution in [0.4, 0.5) is 0 Å². The van der Waals surface area contributed by atoms with Crippen LogP contribution in [-0.4, -0.2) is 32.2 Å². The second-order valence-electron chi connectivity index (χ2n) is 4.19. The van der Waals surface area contributed by atoms with E-state index >= 15 is 0 Å². The molecule has 0 fully saturated rings. The fourth-order valence-corrected chi connectivity index (χ4v) is 1.59. The second kappa shape index (κ2) is 9.06. The molecule has 0 spiro atoms. The summed E-state index contributed by atoms with van der Waals surface area (Å²) in [4.78, 5) is 0. The van der Waals surface area contributed by atoms with E-state index in [9.17, 15) is 0 Å². The number of hydrogen-bond donors (Lipinski definition) is 1. The number of alkyl halides is 1. The Labute approximate surface area is 114 Å². The van der Waals surface area contributed by atoms with Crippen molar-refractivity contribution < 1.29 is 9.47 Å². The number of nitrogens with one attached hydrogen (secondary N) is 1. The van der Waals surface area contributed by atoms with Gasteiger partial charge in [0.15, 0.2) is 11.5 Å². The standard InChI is InChI=1S/C14H22ClNO2/c1-3-17-13-6-4-5-7-14(13)18-9-8-16-11-12(2)10-15/h4-7,12,16H,3,8-11H2,1-2H3. The lowest BCUT2D eigenvalue weighted by atomic mass is 10.2. The first-order valence-electron chi connectivity index (χ1n) is 6.39. The maximum absolute atomic E-state index is 5.73. The van der Waals surface area contributed by atoms with E-state index in [-0.39, 0.29) is 0 Å². The Bertz CT molecular complexity index is 333. The normalized spacial score (nSPS) is 12.2. The minimum absolute atomic E-state index is 0.488. The lowest BCUT2D eigenvalue weighted by Gasteiger charge is -2.13. The van der Waals surface area contributed by atoms with E-state index in [2.05, 4.69) is 12.2 Å². The Morgan fingerprint density at radius 1 is 1.22 bits per heavy atom. The van der Waals surface area contributed by atoms with E-state index in [1.54, 1.807) is 0 Å². The summed E-state index contributed by atoms with van der Waals surface area (Å²) in [6.45, 7) is 7.07. The third-order valence-electron chi connectivity index (χ3n) is 2.44. The fraction of sp³-hybridized carbons (Fsp3) is 0.571. The van der Waals surface area contributed by atoms with Gasteiger partial charge in [0, 0.05) is 12.4 Å². The average molecular weight is 272 g/mol. The van der Waals surface area contributed by atoms with Crippen LogP contribution in [0.25, 0.3) is 0 Å². The highest BCUT2D eigenvalue weighted by molar-refractivity contribution is 6.18. The van der Waals surface area contributed by atoms with E-state index in [0.717, 1.165) is 24.6 Å². The first kappa shape index (κ1) is 15.1. The second-order valence-corrected chi connectivity index (χ2v) is 4.50. The van der Waals surface area contributed by atoms with Crippen LogP contribution in [0.2, 0.25) is 0 Å². The molecule has 0 saturated carbocycles. The molecule has 0 aliphatic rings. The van der Waals surface area contributed by atoms with Crippen LogP contribution in [0.5, 0.6) is 11.5 Å². The van der Waals surface area contributed by atoms with Crippen molar-refractivity contribution >= 4 is 11.6 Å². The molecule has 1 aromatic rings. The van der Waals surface area contributed by atoms with Gasteiger partial charge in [-0.3, -0.25) is 0 Å². The molecule has 4 heteroatoms. The zero-order valence-corrected chi connectivity index (χ0v) is 11.9. The van der Waals surface area contributed by atoms with Gasteiger partial charge in [0.2, 0.25) is 0 Å². The van der Waals surface area contributed by atoms with E-state index in [0.29, 0.717) is 25.0 Å². The van der Waals surface area contributed by atoms with E-state index in [1.807, 2.05) is 31.2 Å². The molecule has 0 amide bonds. The van der Waals surface area contributed by atoms with Gasteiger partial charge in [0.25, 0.3) is 0 Å². The number of hydrogen-bond acceptors (Lipinski definition) is 3. The van der Waals surface area contributed by atoms with Gasteiger partial charge in [-0.05, 0) is 31.5 Å². The molecular formula is C14H22ClNO2. The summed E-state index contributed by atoms with van der Waals surface area (Å²) in [5, 5.41) is 3.31. The van der Waals surface area contributed by atoms with Crippen LogP contribution in [0.1, 0.15) is 13.8 Å². The molecule has 0 bridgehead atoms. The Kier molecular flexibility index (Phi) is 7.62. The van der Waals surface area contributed by atoms with Gasteiger partial charge in [-0.2, -0.15) is 0 Å². The molecule has 3 nitrogen and oxygen atoms in total. The van der Waals surface area contributed by atoms with Gasteiger partial charge < -0.3 is 14.8 Å². The Hall–Kier alpha value is -0.930. The monoisotopic (exact) mass is 271 g/mol. The van der Waals surface area contributed by atoms with Gasteiger partial charge >= 0.3 is 0 Å². The van der Waals surface area contributed by atoms with Crippen LogP contribution in [-0.2, 0) is 0 Å². The molecule has 0 aromatic heterocycles. The Morgan fingerprint density at radius 3 is 2.50 bits per heavy atom. The predicted octanol–water partition coefficient (Wildman–Crippen LogP) is 2.93. The van der Waals surface area contributed by atoms with Gasteiger partial charge in [-0.15, -0.1) is 11.6 Å². The number of para-hydroxylation sites is 2. The molecule has 1 rings (SSSR count). The Morgan fingerprint density at radius 2 is 1.89 bits per heavy atom. The number of rotatable bonds is 9. The van der Waals surface area contributed by atoms with Crippen molar-refractivity contribution in [3.8, 4) is 11.5 Å². The van der Waals surface area contributed by atoms with Gasteiger partial charge in [-0.1, -0.05) is 19.1 Å². The van der Waals surface area contributed by atoms with Crippen LogP contribution in [0.15, 0.2) is 24.3 Å². The minimum atomic E-state index is 0.488. The van der Waals surface area contributed by atoms with Crippen molar-refractivity contribution in [2.24, 2.45) is 5.92 Å². The summed E-state index contributed by atoms with van der Waals surface area (Å²) in [6, 6.07) is 7.73. The first-order chi connectivity index (χ1) is 8.77. The summed E-state index contributed by atoms with van der Waals surface area (Å²) < 4.78 is 11.2. The number of halogens is 1. The van der Waals surface area contributed by atoms with Gasteiger partial charge in [-0.25, -0.2) is 0 Å². The summed E-state index contributed by atoms with van der Waals surface area (Å²) >= 11 is 5.73. The first-order valence-corrected chi connectivity index (χ1v) is 6.92. The highest BCUT2D eigenvalue weighted by atomic mass is 35.5. The van der Waals surface area contributed by atoms with Crippen LogP contribution in [0.3, 0.4) is 0 Å².